The van der Waals surface area contributed by atoms with Gasteiger partial charge in [-0.3, -0.25) is 0 Å². The third-order valence-electron chi connectivity index (χ3n) is 0. The maximum atomic E-state index is 10.4. The molecule has 0 fully saturated rings. The number of ether oxygens (including phenoxy) is 1. The van der Waals surface area contributed by atoms with Gasteiger partial charge >= 0.3 is 42.7 Å². The van der Waals surface area contributed by atoms with Crippen LogP contribution in [-0.4, -0.2) is 18.0 Å². The van der Waals surface area contributed by atoms with E-state index in [9.17, 15) is 13.2 Å². The Bertz CT molecular complexity index is 38.3. The summed E-state index contributed by atoms with van der Waals surface area (Å²) in [5.74, 6) is 0. The van der Waals surface area contributed by atoms with Gasteiger partial charge in [0.05, 0.1) is 0 Å². The van der Waals surface area contributed by atoms with E-state index in [1.54, 1.807) is 14.2 Å². The maximum absolute atomic E-state index is 10.4. The molecule has 0 heterocycles. The van der Waals surface area contributed by atoms with Gasteiger partial charge in [-0.15, -0.1) is 0 Å². The van der Waals surface area contributed by atoms with Crippen LogP contribution < -0.4 is 0 Å². The van der Waals surface area contributed by atoms with Crippen molar-refractivity contribution in [2.45, 2.75) is 3.74 Å². The fourth-order valence-electron chi connectivity index (χ4n) is 0. The second-order valence-electron chi connectivity index (χ2n) is 1.02. The van der Waals surface area contributed by atoms with Gasteiger partial charge in [0.15, 0.2) is 0 Å². The molecule has 1 nitrogen and oxygen atoms in total. The Morgan fingerprint density at radius 3 is 1.25 bits per heavy atom. The van der Waals surface area contributed by atoms with Crippen LogP contribution in [0.5, 0.6) is 0 Å². The first-order chi connectivity index (χ1) is 3.41. The Balaban J connectivity index is 0. The van der Waals surface area contributed by atoms with Gasteiger partial charge < -0.3 is 4.74 Å². The van der Waals surface area contributed by atoms with E-state index in [1.165, 1.54) is 0 Å². The van der Waals surface area contributed by atoms with Gasteiger partial charge in [-0.05, 0) is 0 Å². The van der Waals surface area contributed by atoms with Crippen molar-refractivity contribution in [2.75, 3.05) is 14.2 Å². The van der Waals surface area contributed by atoms with Crippen LogP contribution in [0.3, 0.4) is 0 Å². The standard InChI is InChI=1S/C2H6O.CF3.Cd/c1-3-2;2-1(3)4;/h1-2H3;;. The summed E-state index contributed by atoms with van der Waals surface area (Å²) in [6.45, 7) is 0. The minimum atomic E-state index is -3.83. The summed E-state index contributed by atoms with van der Waals surface area (Å²) in [7, 11) is 3.25. The summed E-state index contributed by atoms with van der Waals surface area (Å²) < 4.78 is 31.7. The molecule has 0 N–H and O–H groups in total. The van der Waals surface area contributed by atoms with Crippen LogP contribution in [0.2, 0.25) is 0 Å². The van der Waals surface area contributed by atoms with Gasteiger partial charge in [0.1, 0.15) is 0 Å². The fourth-order valence-corrected chi connectivity index (χ4v) is 0. The molecule has 0 unspecified atom stereocenters. The van der Waals surface area contributed by atoms with Crippen molar-refractivity contribution in [3.8, 4) is 0 Å². The summed E-state index contributed by atoms with van der Waals surface area (Å²) >= 11 is -0.889. The first-order valence-corrected chi connectivity index (χ1v) is 3.76. The molecule has 0 radical (unpaired) electrons. The zero-order chi connectivity index (χ0) is 7.21. The van der Waals surface area contributed by atoms with Crippen molar-refractivity contribution in [2.24, 2.45) is 0 Å². The van der Waals surface area contributed by atoms with Gasteiger partial charge in [-0.25, -0.2) is 0 Å². The normalized spacial score (nSPS) is 9.88. The van der Waals surface area contributed by atoms with E-state index < -0.39 is 29.5 Å². The van der Waals surface area contributed by atoms with Crippen LogP contribution >= 0.6 is 0 Å². The molecule has 0 aliphatic rings. The molecule has 47 valence electrons. The van der Waals surface area contributed by atoms with Crippen LogP contribution in [0.15, 0.2) is 0 Å². The third-order valence-corrected chi connectivity index (χ3v) is 0. The Kier molecular flexibility index (Phi) is 8.32. The number of methoxy groups -OCH3 is 1. The molecule has 0 rings (SSSR count). The SMILES string of the molecule is COC.F[C](F)(F)[Cd]. The van der Waals surface area contributed by atoms with Crippen LogP contribution in [0.1, 0.15) is 0 Å². The Hall–Kier alpha value is 0.672. The monoisotopic (exact) mass is 229 g/mol. The van der Waals surface area contributed by atoms with Crippen molar-refractivity contribution in [3.63, 3.8) is 0 Å². The first-order valence-electron chi connectivity index (χ1n) is 1.74. The van der Waals surface area contributed by atoms with Crippen LogP contribution in [0.25, 0.3) is 0 Å². The third kappa shape index (κ3) is 475. The molecule has 0 amide bonds. The first kappa shape index (κ1) is 11.5. The van der Waals surface area contributed by atoms with E-state index in [4.69, 9.17) is 0 Å². The molecule has 0 aromatic rings. The molecular formula is C3H6CdF3O. The summed E-state index contributed by atoms with van der Waals surface area (Å²) in [4.78, 5) is 0. The van der Waals surface area contributed by atoms with Crippen molar-refractivity contribution >= 4 is 0 Å². The average Bonchev–Trinajstić information content (AvgIpc) is 1.27. The molecule has 0 atom stereocenters. The number of rotatable bonds is 0. The molecule has 0 aliphatic heterocycles. The summed E-state index contributed by atoms with van der Waals surface area (Å²) in [6.07, 6.45) is 0. The van der Waals surface area contributed by atoms with Crippen molar-refractivity contribution in [1.82, 2.24) is 0 Å². The van der Waals surface area contributed by atoms with Crippen LogP contribution in [0, 0.1) is 0 Å². The second-order valence-corrected chi connectivity index (χ2v) is 3.31. The van der Waals surface area contributed by atoms with Gasteiger partial charge in [-0.2, -0.15) is 0 Å². The van der Waals surface area contributed by atoms with Gasteiger partial charge in [0, 0.05) is 14.2 Å². The molecule has 0 saturated carbocycles. The van der Waals surface area contributed by atoms with Gasteiger partial charge in [0.2, 0.25) is 0 Å². The summed E-state index contributed by atoms with van der Waals surface area (Å²) in [6, 6.07) is 0. The number of hydrogen-bond donors (Lipinski definition) is 0. The quantitative estimate of drug-likeness (QED) is 0.567. The molecule has 8 heavy (non-hydrogen) atoms. The zero-order valence-electron chi connectivity index (χ0n) is 4.75. The van der Waals surface area contributed by atoms with Gasteiger partial charge in [-0.1, -0.05) is 0 Å². The zero-order valence-corrected chi connectivity index (χ0v) is 8.79. The van der Waals surface area contributed by atoms with Crippen molar-refractivity contribution in [1.29, 1.82) is 0 Å². The Morgan fingerprint density at radius 2 is 1.25 bits per heavy atom. The van der Waals surface area contributed by atoms with E-state index in [2.05, 4.69) is 4.74 Å². The number of halogens is 3. The Morgan fingerprint density at radius 1 is 1.25 bits per heavy atom. The summed E-state index contributed by atoms with van der Waals surface area (Å²) in [5, 5.41) is 0. The van der Waals surface area contributed by atoms with Crippen molar-refractivity contribution < 1.29 is 43.7 Å². The molecular weight excluding hydrogens is 221 g/mol. The molecule has 0 bridgehead atoms. The summed E-state index contributed by atoms with van der Waals surface area (Å²) in [5.41, 5.74) is 0. The Labute approximate surface area is 61.9 Å². The molecule has 0 spiro atoms. The predicted molar refractivity (Wildman–Crippen MR) is 19.0 cm³/mol. The minimum absolute atomic E-state index is 0.889. The van der Waals surface area contributed by atoms with E-state index in [0.29, 0.717) is 0 Å². The van der Waals surface area contributed by atoms with Gasteiger partial charge in [0.25, 0.3) is 0 Å². The van der Waals surface area contributed by atoms with E-state index >= 15 is 0 Å². The average molecular weight is 227 g/mol. The van der Waals surface area contributed by atoms with E-state index in [0.717, 1.165) is 0 Å². The fraction of sp³-hybridized carbons (Fsp3) is 1.00. The molecule has 5 heteroatoms. The predicted octanol–water partition coefficient (Wildman–Crippen LogP) is 1.32. The molecule has 0 aromatic heterocycles. The van der Waals surface area contributed by atoms with Crippen LogP contribution in [-0.2, 0) is 30.5 Å². The number of alkyl halides is 3. The number of hydrogen-bond acceptors (Lipinski definition) is 1. The van der Waals surface area contributed by atoms with Crippen LogP contribution in [0.4, 0.5) is 13.2 Å². The molecule has 0 saturated heterocycles. The second kappa shape index (κ2) is 5.80. The van der Waals surface area contributed by atoms with E-state index in [-0.39, 0.29) is 0 Å². The molecule has 0 aliphatic carbocycles. The van der Waals surface area contributed by atoms with Crippen molar-refractivity contribution in [3.05, 3.63) is 0 Å². The molecule has 0 aromatic carbocycles. The topological polar surface area (TPSA) is 9.23 Å². The van der Waals surface area contributed by atoms with E-state index in [1.807, 2.05) is 0 Å².